The van der Waals surface area contributed by atoms with E-state index in [1.165, 1.54) is 12.1 Å². The quantitative estimate of drug-likeness (QED) is 0.792. The number of thioether (sulfide) groups is 1. The van der Waals surface area contributed by atoms with Crippen LogP contribution >= 0.6 is 11.8 Å². The molecule has 6 nitrogen and oxygen atoms in total. The lowest BCUT2D eigenvalue weighted by atomic mass is 10.2. The van der Waals surface area contributed by atoms with Crippen LogP contribution in [0.3, 0.4) is 0 Å². The Morgan fingerprint density at radius 3 is 2.38 bits per heavy atom. The summed E-state index contributed by atoms with van der Waals surface area (Å²) in [5.41, 5.74) is 1.53. The molecule has 1 aliphatic heterocycles. The SMILES string of the molecule is O=C1NC(=Nc2ccc(C(=O)O)cc2)/C(=C/c2ccc(O)cc2)S1. The van der Waals surface area contributed by atoms with Gasteiger partial charge in [-0.1, -0.05) is 12.1 Å². The van der Waals surface area contributed by atoms with Gasteiger partial charge >= 0.3 is 5.97 Å². The molecular weight excluding hydrogens is 328 g/mol. The van der Waals surface area contributed by atoms with E-state index in [2.05, 4.69) is 10.3 Å². The minimum absolute atomic E-state index is 0.165. The summed E-state index contributed by atoms with van der Waals surface area (Å²) in [6.07, 6.45) is 1.78. The molecule has 1 amide bonds. The molecule has 0 unspecified atom stereocenters. The van der Waals surface area contributed by atoms with Crippen molar-refractivity contribution >= 4 is 40.6 Å². The Morgan fingerprint density at radius 2 is 1.75 bits per heavy atom. The van der Waals surface area contributed by atoms with Crippen LogP contribution in [0.25, 0.3) is 6.08 Å². The molecule has 0 bridgehead atoms. The number of aromatic hydroxyl groups is 1. The number of hydrogen-bond acceptors (Lipinski definition) is 5. The Morgan fingerprint density at radius 1 is 1.08 bits per heavy atom. The smallest absolute Gasteiger partial charge is 0.335 e. The lowest BCUT2D eigenvalue weighted by Gasteiger charge is -2.01. The van der Waals surface area contributed by atoms with Gasteiger partial charge in [-0.05, 0) is 59.8 Å². The van der Waals surface area contributed by atoms with E-state index in [0.29, 0.717) is 16.4 Å². The van der Waals surface area contributed by atoms with Gasteiger partial charge in [-0.25, -0.2) is 9.79 Å². The Bertz CT molecular complexity index is 855. The van der Waals surface area contributed by atoms with Crippen LogP contribution in [0.2, 0.25) is 0 Å². The predicted molar refractivity (Wildman–Crippen MR) is 92.7 cm³/mol. The summed E-state index contributed by atoms with van der Waals surface area (Å²) in [6, 6.07) is 12.6. The number of carbonyl (C=O) groups is 2. The number of carboxylic acid groups (broad SMARTS) is 1. The zero-order valence-electron chi connectivity index (χ0n) is 12.3. The van der Waals surface area contributed by atoms with E-state index in [0.717, 1.165) is 17.3 Å². The first-order valence-corrected chi connectivity index (χ1v) is 7.75. The lowest BCUT2D eigenvalue weighted by molar-refractivity contribution is 0.0697. The molecular formula is C17H12N2O4S. The number of benzene rings is 2. The highest BCUT2D eigenvalue weighted by Crippen LogP contribution is 2.28. The first kappa shape index (κ1) is 15.8. The second-order valence-electron chi connectivity index (χ2n) is 4.93. The molecule has 1 saturated heterocycles. The number of amides is 1. The highest BCUT2D eigenvalue weighted by molar-refractivity contribution is 8.18. The summed E-state index contributed by atoms with van der Waals surface area (Å²) < 4.78 is 0. The van der Waals surface area contributed by atoms with E-state index in [-0.39, 0.29) is 16.6 Å². The molecule has 0 saturated carbocycles. The van der Waals surface area contributed by atoms with Crippen molar-refractivity contribution in [3.8, 4) is 5.75 Å². The van der Waals surface area contributed by atoms with E-state index in [1.54, 1.807) is 42.5 Å². The molecule has 2 aromatic carbocycles. The van der Waals surface area contributed by atoms with Gasteiger partial charge in [-0.3, -0.25) is 4.79 Å². The number of carbonyl (C=O) groups excluding carboxylic acids is 1. The number of aliphatic imine (C=N–C) groups is 1. The molecule has 0 radical (unpaired) electrons. The number of carboxylic acids is 1. The third-order valence-corrected chi connectivity index (χ3v) is 4.02. The van der Waals surface area contributed by atoms with Crippen molar-refractivity contribution in [3.05, 3.63) is 64.6 Å². The fraction of sp³-hybridized carbons (Fsp3) is 0. The zero-order chi connectivity index (χ0) is 17.1. The number of hydrogen-bond donors (Lipinski definition) is 3. The van der Waals surface area contributed by atoms with Crippen LogP contribution in [0.1, 0.15) is 15.9 Å². The lowest BCUT2D eigenvalue weighted by Crippen LogP contribution is -2.18. The summed E-state index contributed by atoms with van der Waals surface area (Å²) in [4.78, 5) is 27.5. The van der Waals surface area contributed by atoms with Crippen LogP contribution in [0.5, 0.6) is 5.75 Å². The van der Waals surface area contributed by atoms with E-state index in [1.807, 2.05) is 0 Å². The minimum Gasteiger partial charge on any atom is -0.508 e. The van der Waals surface area contributed by atoms with Crippen LogP contribution in [0, 0.1) is 0 Å². The summed E-state index contributed by atoms with van der Waals surface area (Å²) in [6.45, 7) is 0. The van der Waals surface area contributed by atoms with Gasteiger partial charge in [0.25, 0.3) is 5.24 Å². The van der Waals surface area contributed by atoms with Crippen molar-refractivity contribution in [1.29, 1.82) is 0 Å². The average molecular weight is 340 g/mol. The van der Waals surface area contributed by atoms with Crippen molar-refractivity contribution in [2.75, 3.05) is 0 Å². The highest BCUT2D eigenvalue weighted by Gasteiger charge is 2.23. The van der Waals surface area contributed by atoms with Gasteiger partial charge in [0.05, 0.1) is 16.2 Å². The maximum atomic E-state index is 11.7. The van der Waals surface area contributed by atoms with Gasteiger partial charge in [0, 0.05) is 0 Å². The fourth-order valence-corrected chi connectivity index (χ4v) is 2.78. The maximum absolute atomic E-state index is 11.7. The second-order valence-corrected chi connectivity index (χ2v) is 5.94. The molecule has 24 heavy (non-hydrogen) atoms. The highest BCUT2D eigenvalue weighted by atomic mass is 32.2. The van der Waals surface area contributed by atoms with Crippen molar-refractivity contribution < 1.29 is 19.8 Å². The van der Waals surface area contributed by atoms with Gasteiger partial charge in [-0.2, -0.15) is 0 Å². The van der Waals surface area contributed by atoms with Crippen LogP contribution < -0.4 is 5.32 Å². The molecule has 3 N–H and O–H groups in total. The third-order valence-electron chi connectivity index (χ3n) is 3.20. The number of rotatable bonds is 3. The van der Waals surface area contributed by atoms with Gasteiger partial charge in [0.15, 0.2) is 0 Å². The topological polar surface area (TPSA) is 99.0 Å². The molecule has 1 aliphatic rings. The largest absolute Gasteiger partial charge is 0.508 e. The van der Waals surface area contributed by atoms with Crippen molar-refractivity contribution in [2.24, 2.45) is 4.99 Å². The molecule has 2 aromatic rings. The monoisotopic (exact) mass is 340 g/mol. The zero-order valence-corrected chi connectivity index (χ0v) is 13.1. The molecule has 120 valence electrons. The first-order valence-electron chi connectivity index (χ1n) is 6.93. The summed E-state index contributed by atoms with van der Waals surface area (Å²) in [7, 11) is 0. The van der Waals surface area contributed by atoms with Gasteiger partial charge in [0.2, 0.25) is 0 Å². The van der Waals surface area contributed by atoms with E-state index >= 15 is 0 Å². The minimum atomic E-state index is -1.01. The number of phenolic OH excluding ortho intramolecular Hbond substituents is 1. The van der Waals surface area contributed by atoms with Crippen LogP contribution in [-0.4, -0.2) is 27.3 Å². The second kappa shape index (κ2) is 6.59. The van der Waals surface area contributed by atoms with Crippen molar-refractivity contribution in [1.82, 2.24) is 5.32 Å². The Balaban J connectivity index is 1.91. The Labute approximate surface area is 141 Å². The van der Waals surface area contributed by atoms with E-state index in [4.69, 9.17) is 5.11 Å². The number of amidine groups is 1. The van der Waals surface area contributed by atoms with E-state index in [9.17, 15) is 14.7 Å². The van der Waals surface area contributed by atoms with Crippen molar-refractivity contribution in [3.63, 3.8) is 0 Å². The molecule has 0 spiro atoms. The van der Waals surface area contributed by atoms with Gasteiger partial charge < -0.3 is 15.5 Å². The Kier molecular flexibility index (Phi) is 4.35. The third kappa shape index (κ3) is 3.64. The molecule has 0 aromatic heterocycles. The van der Waals surface area contributed by atoms with Crippen LogP contribution in [0.15, 0.2) is 58.4 Å². The molecule has 0 aliphatic carbocycles. The molecule has 3 rings (SSSR count). The Hall–Kier alpha value is -3.06. The number of nitrogens with zero attached hydrogens (tertiary/aromatic N) is 1. The number of aromatic carboxylic acids is 1. The van der Waals surface area contributed by atoms with Gasteiger partial charge in [-0.15, -0.1) is 0 Å². The first-order chi connectivity index (χ1) is 11.5. The normalized spacial score (nSPS) is 17.2. The van der Waals surface area contributed by atoms with Crippen molar-refractivity contribution in [2.45, 2.75) is 0 Å². The summed E-state index contributed by atoms with van der Waals surface area (Å²) in [5, 5.41) is 20.6. The molecule has 0 atom stereocenters. The fourth-order valence-electron chi connectivity index (χ4n) is 2.04. The summed E-state index contributed by atoms with van der Waals surface area (Å²) >= 11 is 1.02. The maximum Gasteiger partial charge on any atom is 0.335 e. The van der Waals surface area contributed by atoms with Gasteiger partial charge in [0.1, 0.15) is 11.6 Å². The van der Waals surface area contributed by atoms with E-state index < -0.39 is 5.97 Å². The predicted octanol–water partition coefficient (Wildman–Crippen LogP) is 3.62. The summed E-state index contributed by atoms with van der Waals surface area (Å²) in [5.74, 6) is -0.439. The molecule has 7 heteroatoms. The number of nitrogens with one attached hydrogen (secondary N) is 1. The van der Waals surface area contributed by atoms with Crippen LogP contribution in [-0.2, 0) is 0 Å². The standard InChI is InChI=1S/C17H12N2O4S/c20-13-7-1-10(2-8-13)9-14-15(19-17(23)24-14)18-12-5-3-11(4-6-12)16(21)22/h1-9,20H,(H,21,22)(H,18,19,23)/b14-9-. The average Bonchev–Trinajstić information content (AvgIpc) is 2.89. The molecule has 1 heterocycles. The number of phenols is 1. The van der Waals surface area contributed by atoms with Crippen LogP contribution in [0.4, 0.5) is 10.5 Å². The molecule has 1 fully saturated rings.